The highest BCUT2D eigenvalue weighted by Gasteiger charge is 2.50. The molecule has 19 nitrogen and oxygen atoms in total. The van der Waals surface area contributed by atoms with Crippen molar-refractivity contribution >= 4 is 67.0 Å². The van der Waals surface area contributed by atoms with Gasteiger partial charge in [-0.05, 0) is 6.92 Å². The minimum atomic E-state index is -3.93. The molecule has 23 heteroatoms. The van der Waals surface area contributed by atoms with Gasteiger partial charge in [-0.15, -0.1) is 12.2 Å². The maximum absolute atomic E-state index is 13.6. The van der Waals surface area contributed by atoms with Gasteiger partial charge in [0.15, 0.2) is 36.8 Å². The third-order valence-corrected chi connectivity index (χ3v) is 11.1. The minimum Gasteiger partial charge on any atom is -0.387 e. The highest BCUT2D eigenvalue weighted by atomic mass is 32.7. The van der Waals surface area contributed by atoms with Crippen molar-refractivity contribution in [2.24, 2.45) is 0 Å². The topological polar surface area (TPSA) is 252 Å². The fourth-order valence-corrected chi connectivity index (χ4v) is 8.80. The van der Waals surface area contributed by atoms with E-state index in [1.54, 1.807) is 11.5 Å². The molecule has 3 saturated heterocycles. The number of aliphatic hydroxyl groups is 2. The number of aromatic amines is 1. The maximum Gasteiger partial charge on any atom is 0.324 e. The lowest BCUT2D eigenvalue weighted by atomic mass is 10.1. The molecule has 0 saturated carbocycles. The van der Waals surface area contributed by atoms with Crippen LogP contribution in [0.25, 0.3) is 22.3 Å². The van der Waals surface area contributed by atoms with Gasteiger partial charge < -0.3 is 34.5 Å². The second kappa shape index (κ2) is 11.5. The Kier molecular flexibility index (Phi) is 7.96. The third-order valence-electron chi connectivity index (χ3n) is 7.64. The van der Waals surface area contributed by atoms with Gasteiger partial charge in [-0.25, -0.2) is 25.0 Å². The first-order valence-corrected chi connectivity index (χ1v) is 18.4. The third kappa shape index (κ3) is 5.33. The van der Waals surface area contributed by atoms with E-state index in [0.717, 1.165) is 0 Å². The SMILES string of the molecule is Cc1ncnc2c1ncn2[C@@H]1O[C@@H]2CO[P@](=O)(S)N[C@H]3[C@@H](O)[C@H](n4cnc5c(=O)[nH]c(N)nc54)O[C@@H]3CO[P@@](S)N[C@H]2[C@H]1O. The fraction of sp³-hybridized carbons (Fsp3) is 0.524. The number of nitrogen functional groups attached to an aromatic ring is 1. The van der Waals surface area contributed by atoms with E-state index in [2.05, 4.69) is 64.6 Å². The summed E-state index contributed by atoms with van der Waals surface area (Å²) >= 11 is 8.80. The Hall–Kier alpha value is -2.26. The molecule has 0 aliphatic carbocycles. The molecule has 7 N–H and O–H groups in total. The average molecular weight is 688 g/mol. The van der Waals surface area contributed by atoms with Crippen LogP contribution in [-0.4, -0.2) is 99.0 Å². The molecule has 3 fully saturated rings. The number of thiol groups is 2. The number of anilines is 1. The van der Waals surface area contributed by atoms with Crippen molar-refractivity contribution in [2.75, 3.05) is 18.9 Å². The van der Waals surface area contributed by atoms with Gasteiger partial charge in [0.1, 0.15) is 36.3 Å². The summed E-state index contributed by atoms with van der Waals surface area (Å²) in [6.07, 6.45) is -2.11. The number of nitrogens with one attached hydrogen (secondary N) is 3. The summed E-state index contributed by atoms with van der Waals surface area (Å²) in [7, 11) is -1.69. The first-order chi connectivity index (χ1) is 21.0. The molecule has 7 rings (SSSR count). The number of aromatic nitrogens is 8. The molecule has 0 amide bonds. The molecule has 10 atom stereocenters. The Morgan fingerprint density at radius 1 is 1.02 bits per heavy atom. The summed E-state index contributed by atoms with van der Waals surface area (Å²) in [6, 6.07) is -1.79. The lowest BCUT2D eigenvalue weighted by molar-refractivity contribution is -0.0460. The molecule has 4 aromatic heterocycles. The van der Waals surface area contributed by atoms with Crippen LogP contribution in [0.2, 0.25) is 0 Å². The van der Waals surface area contributed by atoms with Crippen molar-refractivity contribution in [3.8, 4) is 0 Å². The van der Waals surface area contributed by atoms with E-state index in [9.17, 15) is 19.6 Å². The predicted octanol–water partition coefficient (Wildman–Crippen LogP) is -0.475. The first kappa shape index (κ1) is 30.4. The number of ether oxygens (including phenoxy) is 2. The molecular formula is C21H27N11O8P2S2. The Morgan fingerprint density at radius 2 is 1.68 bits per heavy atom. The van der Waals surface area contributed by atoms with Crippen molar-refractivity contribution in [1.29, 1.82) is 0 Å². The fourth-order valence-electron chi connectivity index (χ4n) is 5.54. The lowest BCUT2D eigenvalue weighted by Crippen LogP contribution is -2.46. The molecule has 7 heterocycles. The van der Waals surface area contributed by atoms with Crippen LogP contribution in [-0.2, 0) is 23.1 Å². The van der Waals surface area contributed by atoms with E-state index in [1.807, 2.05) is 0 Å². The molecule has 0 aromatic carbocycles. The summed E-state index contributed by atoms with van der Waals surface area (Å²) in [4.78, 5) is 35.6. The number of rotatable bonds is 2. The van der Waals surface area contributed by atoms with E-state index < -0.39 is 68.7 Å². The Morgan fingerprint density at radius 3 is 2.43 bits per heavy atom. The molecule has 3 aliphatic heterocycles. The van der Waals surface area contributed by atoms with Crippen LogP contribution in [0.1, 0.15) is 18.1 Å². The van der Waals surface area contributed by atoms with E-state index in [4.69, 9.17) is 24.3 Å². The molecule has 3 aliphatic rings. The molecule has 0 bridgehead atoms. The highest BCUT2D eigenvalue weighted by Crippen LogP contribution is 2.52. The lowest BCUT2D eigenvalue weighted by Gasteiger charge is -2.29. The van der Waals surface area contributed by atoms with Gasteiger partial charge in [0.05, 0.1) is 43.6 Å². The first-order valence-electron chi connectivity index (χ1n) is 13.2. The van der Waals surface area contributed by atoms with Crippen LogP contribution in [0.3, 0.4) is 0 Å². The zero-order valence-electron chi connectivity index (χ0n) is 22.6. The van der Waals surface area contributed by atoms with E-state index in [1.165, 1.54) is 23.5 Å². The number of hydrogen-bond acceptors (Lipinski definition) is 16. The van der Waals surface area contributed by atoms with Crippen molar-refractivity contribution in [3.05, 3.63) is 35.0 Å². The van der Waals surface area contributed by atoms with Gasteiger partial charge in [0.25, 0.3) is 5.56 Å². The number of hydrogen-bond donors (Lipinski definition) is 8. The second-order valence-corrected chi connectivity index (χ2v) is 15.7. The zero-order chi connectivity index (χ0) is 30.9. The van der Waals surface area contributed by atoms with Gasteiger partial charge in [-0.1, -0.05) is 12.2 Å². The molecule has 0 spiro atoms. The smallest absolute Gasteiger partial charge is 0.324 e. The zero-order valence-corrected chi connectivity index (χ0v) is 26.2. The summed E-state index contributed by atoms with van der Waals surface area (Å²) < 4.78 is 40.5. The summed E-state index contributed by atoms with van der Waals surface area (Å²) in [6.45, 7) is -2.54. The Bertz CT molecular complexity index is 1830. The molecule has 4 aromatic rings. The van der Waals surface area contributed by atoms with E-state index in [0.29, 0.717) is 16.9 Å². The molecule has 236 valence electrons. The largest absolute Gasteiger partial charge is 0.387 e. The van der Waals surface area contributed by atoms with Crippen LogP contribution < -0.4 is 21.5 Å². The summed E-state index contributed by atoms with van der Waals surface area (Å²) in [5.41, 5.74) is 6.91. The van der Waals surface area contributed by atoms with Gasteiger partial charge in [0.2, 0.25) is 5.95 Å². The monoisotopic (exact) mass is 687 g/mol. The molecule has 0 unspecified atom stereocenters. The van der Waals surface area contributed by atoms with Crippen molar-refractivity contribution in [2.45, 2.75) is 55.9 Å². The summed E-state index contributed by atoms with van der Waals surface area (Å²) in [5, 5.41) is 28.6. The number of aryl methyl sites for hydroxylation is 1. The number of fused-ring (bicyclic) bond motifs is 4. The molecule has 44 heavy (non-hydrogen) atoms. The standard InChI is InChI=1S/C21H27N11O8P2S2/c1-7-10-16(24-4-23-7)31(5-25-10)19-14(33)11-9(40-19)3-38-42(36,44)30-12-8(2-37-41(43)29-11)39-20(15(12)34)32-6-26-13-17(32)27-21(22)28-18(13)35/h4-6,8-9,11-12,14-15,19-20,29,33-34,43H,2-3H2,1H3,(H2,30,36,44)(H3,22,27,28,35)/t8-,9-,11-,12-,14-,15-,19-,20-,41+,42+/m1/s1. The van der Waals surface area contributed by atoms with Gasteiger partial charge in [0, 0.05) is 0 Å². The number of nitrogens with zero attached hydrogens (tertiary/aromatic N) is 7. The van der Waals surface area contributed by atoms with Crippen LogP contribution >= 0.6 is 38.7 Å². The normalized spacial score (nSPS) is 36.6. The van der Waals surface area contributed by atoms with Crippen LogP contribution in [0.15, 0.2) is 23.8 Å². The Balaban J connectivity index is 1.14. The average Bonchev–Trinajstić information content (AvgIpc) is 3.72. The number of nitrogens with two attached hydrogens (primary N) is 1. The predicted molar refractivity (Wildman–Crippen MR) is 161 cm³/mol. The molecule has 0 radical (unpaired) electrons. The van der Waals surface area contributed by atoms with E-state index in [-0.39, 0.29) is 30.3 Å². The summed E-state index contributed by atoms with van der Waals surface area (Å²) in [5.74, 6) is -0.147. The highest BCUT2D eigenvalue weighted by molar-refractivity contribution is 8.45. The van der Waals surface area contributed by atoms with E-state index >= 15 is 0 Å². The number of aliphatic hydroxyl groups excluding tert-OH is 2. The minimum absolute atomic E-state index is 0.00828. The van der Waals surface area contributed by atoms with Crippen molar-refractivity contribution < 1.29 is 33.3 Å². The Labute approximate surface area is 259 Å². The second-order valence-electron chi connectivity index (χ2n) is 10.4. The molecular weight excluding hydrogens is 660 g/mol. The van der Waals surface area contributed by atoms with Crippen molar-refractivity contribution in [3.63, 3.8) is 0 Å². The van der Waals surface area contributed by atoms with Gasteiger partial charge >= 0.3 is 6.72 Å². The number of imidazole rings is 2. The van der Waals surface area contributed by atoms with Crippen LogP contribution in [0.4, 0.5) is 5.95 Å². The number of H-pyrrole nitrogens is 1. The maximum atomic E-state index is 13.6. The van der Waals surface area contributed by atoms with Crippen LogP contribution in [0, 0.1) is 6.92 Å². The quantitative estimate of drug-likeness (QED) is 0.0979. The van der Waals surface area contributed by atoms with Crippen molar-refractivity contribution in [1.82, 2.24) is 49.2 Å². The van der Waals surface area contributed by atoms with Crippen LogP contribution in [0.5, 0.6) is 0 Å². The van der Waals surface area contributed by atoms with Gasteiger partial charge in [-0.2, -0.15) is 4.98 Å². The van der Waals surface area contributed by atoms with Gasteiger partial charge in [-0.3, -0.25) is 28.6 Å².